The van der Waals surface area contributed by atoms with Gasteiger partial charge in [-0.2, -0.15) is 0 Å². The fourth-order valence-electron chi connectivity index (χ4n) is 2.23. The smallest absolute Gasteiger partial charge is 0.239 e. The van der Waals surface area contributed by atoms with E-state index >= 15 is 0 Å². The van der Waals surface area contributed by atoms with E-state index in [2.05, 4.69) is 23.6 Å². The molecule has 1 aliphatic carbocycles. The minimum Gasteiger partial charge on any atom is -0.376 e. The lowest BCUT2D eigenvalue weighted by atomic mass is 10.1. The summed E-state index contributed by atoms with van der Waals surface area (Å²) in [6.45, 7) is 2.90. The number of allylic oxidation sites excluding steroid dienone is 5. The van der Waals surface area contributed by atoms with Gasteiger partial charge in [0, 0.05) is 17.3 Å². The molecule has 1 amide bonds. The summed E-state index contributed by atoms with van der Waals surface area (Å²) in [5.41, 5.74) is 3.27. The van der Waals surface area contributed by atoms with E-state index in [0.29, 0.717) is 11.6 Å². The Bertz CT molecular complexity index is 618. The van der Waals surface area contributed by atoms with Gasteiger partial charge in [-0.25, -0.2) is 0 Å². The molecule has 0 saturated heterocycles. The fourth-order valence-corrected chi connectivity index (χ4v) is 2.42. The first-order valence-corrected chi connectivity index (χ1v) is 7.87. The molecule has 3 nitrogen and oxygen atoms in total. The largest absolute Gasteiger partial charge is 0.376 e. The van der Waals surface area contributed by atoms with Crippen LogP contribution in [0.1, 0.15) is 18.9 Å². The van der Waals surface area contributed by atoms with Crippen LogP contribution in [0.15, 0.2) is 54.2 Å². The van der Waals surface area contributed by atoms with Gasteiger partial charge in [0.1, 0.15) is 0 Å². The Morgan fingerprint density at radius 2 is 2.14 bits per heavy atom. The first kappa shape index (κ1) is 16.4. The van der Waals surface area contributed by atoms with Crippen LogP contribution in [0.5, 0.6) is 0 Å². The number of rotatable bonds is 6. The van der Waals surface area contributed by atoms with Crippen molar-refractivity contribution in [2.24, 2.45) is 0 Å². The Labute approximate surface area is 136 Å². The molecular formula is C18H21ClN2O. The monoisotopic (exact) mass is 316 g/mol. The second kappa shape index (κ2) is 8.44. The van der Waals surface area contributed by atoms with Crippen molar-refractivity contribution in [2.45, 2.75) is 19.8 Å². The fraction of sp³-hybridized carbons (Fsp3) is 0.278. The van der Waals surface area contributed by atoms with Crippen LogP contribution in [0, 0.1) is 0 Å². The van der Waals surface area contributed by atoms with Crippen molar-refractivity contribution in [2.75, 3.05) is 18.4 Å². The Morgan fingerprint density at radius 1 is 1.27 bits per heavy atom. The number of halogens is 1. The molecule has 2 rings (SSSR count). The van der Waals surface area contributed by atoms with Crippen molar-refractivity contribution in [1.82, 2.24) is 5.32 Å². The van der Waals surface area contributed by atoms with Crippen LogP contribution >= 0.6 is 11.6 Å². The molecule has 0 atom stereocenters. The van der Waals surface area contributed by atoms with E-state index in [1.165, 1.54) is 5.57 Å². The third-order valence-electron chi connectivity index (χ3n) is 3.47. The predicted molar refractivity (Wildman–Crippen MR) is 93.3 cm³/mol. The summed E-state index contributed by atoms with van der Waals surface area (Å²) in [5.74, 6) is -0.0184. The number of hydrogen-bond acceptors (Lipinski definition) is 2. The summed E-state index contributed by atoms with van der Waals surface area (Å²) in [6, 6.07) is 5.67. The van der Waals surface area contributed by atoms with E-state index < -0.39 is 0 Å². The quantitative estimate of drug-likeness (QED) is 0.836. The molecule has 116 valence electrons. The Kier molecular flexibility index (Phi) is 6.28. The minimum absolute atomic E-state index is 0.0184. The maximum absolute atomic E-state index is 11.9. The lowest BCUT2D eigenvalue weighted by molar-refractivity contribution is -0.119. The number of benzene rings is 1. The molecule has 1 aromatic carbocycles. The lowest BCUT2D eigenvalue weighted by Gasteiger charge is -2.12. The van der Waals surface area contributed by atoms with Crippen LogP contribution in [0.2, 0.25) is 5.02 Å². The van der Waals surface area contributed by atoms with Gasteiger partial charge < -0.3 is 10.6 Å². The van der Waals surface area contributed by atoms with E-state index in [4.69, 9.17) is 11.6 Å². The molecule has 22 heavy (non-hydrogen) atoms. The third-order valence-corrected chi connectivity index (χ3v) is 3.71. The number of carbonyl (C=O) groups is 1. The molecule has 0 radical (unpaired) electrons. The minimum atomic E-state index is -0.0184. The van der Waals surface area contributed by atoms with Crippen molar-refractivity contribution in [1.29, 1.82) is 0 Å². The molecule has 4 heteroatoms. The molecule has 1 aliphatic rings. The highest BCUT2D eigenvalue weighted by Gasteiger charge is 2.05. The van der Waals surface area contributed by atoms with Crippen LogP contribution in [0.4, 0.5) is 5.69 Å². The zero-order valence-electron chi connectivity index (χ0n) is 12.7. The maximum atomic E-state index is 11.9. The first-order valence-electron chi connectivity index (χ1n) is 7.49. The van der Waals surface area contributed by atoms with Crippen molar-refractivity contribution in [3.8, 4) is 0 Å². The Hall–Kier alpha value is -2.00. The molecule has 2 N–H and O–H groups in total. The van der Waals surface area contributed by atoms with Gasteiger partial charge in [-0.3, -0.25) is 4.79 Å². The van der Waals surface area contributed by atoms with Crippen molar-refractivity contribution < 1.29 is 4.79 Å². The van der Waals surface area contributed by atoms with E-state index in [1.807, 2.05) is 42.5 Å². The van der Waals surface area contributed by atoms with Gasteiger partial charge in [0.2, 0.25) is 5.91 Å². The highest BCUT2D eigenvalue weighted by Crippen LogP contribution is 2.20. The van der Waals surface area contributed by atoms with Crippen LogP contribution < -0.4 is 10.6 Å². The molecule has 0 unspecified atom stereocenters. The molecule has 0 fully saturated rings. The summed E-state index contributed by atoms with van der Waals surface area (Å²) in [6.07, 6.45) is 11.9. The molecule has 0 saturated carbocycles. The average Bonchev–Trinajstić information content (AvgIpc) is 2.80. The zero-order valence-corrected chi connectivity index (χ0v) is 13.5. The number of amides is 1. The maximum Gasteiger partial charge on any atom is 0.239 e. The number of carbonyl (C=O) groups excluding carboxylic acids is 1. The van der Waals surface area contributed by atoms with Gasteiger partial charge in [-0.1, -0.05) is 48.9 Å². The van der Waals surface area contributed by atoms with Gasteiger partial charge >= 0.3 is 0 Å². The highest BCUT2D eigenvalue weighted by atomic mass is 35.5. The lowest BCUT2D eigenvalue weighted by Crippen LogP contribution is -2.31. The SMILES string of the molecule is CCc1cc(Cl)ccc1NCC(=O)NCC1=CC=CC=CC1. The standard InChI is InChI=1S/C18H21ClN2O/c1-2-15-11-16(19)9-10-17(15)20-13-18(22)21-12-14-7-5-3-4-6-8-14/h3-7,9-11,20H,2,8,12-13H2,1H3,(H,21,22). The predicted octanol–water partition coefficient (Wildman–Crippen LogP) is 3.87. The van der Waals surface area contributed by atoms with Crippen molar-refractivity contribution in [3.63, 3.8) is 0 Å². The van der Waals surface area contributed by atoms with E-state index in [9.17, 15) is 4.79 Å². The zero-order chi connectivity index (χ0) is 15.8. The molecule has 0 aliphatic heterocycles. The van der Waals surface area contributed by atoms with Crippen LogP contribution in [-0.4, -0.2) is 19.0 Å². The number of nitrogens with one attached hydrogen (secondary N) is 2. The van der Waals surface area contributed by atoms with Gasteiger partial charge in [-0.05, 0) is 42.2 Å². The van der Waals surface area contributed by atoms with Gasteiger partial charge in [0.15, 0.2) is 0 Å². The Balaban J connectivity index is 1.82. The van der Waals surface area contributed by atoms with Crippen LogP contribution in [0.3, 0.4) is 0 Å². The molecule has 0 bridgehead atoms. The number of aryl methyl sites for hydroxylation is 1. The number of hydrogen-bond donors (Lipinski definition) is 2. The molecule has 0 heterocycles. The second-order valence-corrected chi connectivity index (χ2v) is 5.56. The van der Waals surface area contributed by atoms with E-state index in [0.717, 1.165) is 24.1 Å². The van der Waals surface area contributed by atoms with Crippen molar-refractivity contribution >= 4 is 23.2 Å². The normalized spacial score (nSPS) is 13.5. The summed E-state index contributed by atoms with van der Waals surface area (Å²) in [4.78, 5) is 11.9. The average molecular weight is 317 g/mol. The molecule has 0 aromatic heterocycles. The first-order chi connectivity index (χ1) is 10.7. The molecule has 1 aromatic rings. The van der Waals surface area contributed by atoms with Gasteiger partial charge in [0.25, 0.3) is 0 Å². The Morgan fingerprint density at radius 3 is 2.95 bits per heavy atom. The van der Waals surface area contributed by atoms with E-state index in [-0.39, 0.29) is 12.5 Å². The van der Waals surface area contributed by atoms with Crippen LogP contribution in [-0.2, 0) is 11.2 Å². The summed E-state index contributed by atoms with van der Waals surface area (Å²) >= 11 is 5.98. The second-order valence-electron chi connectivity index (χ2n) is 5.13. The highest BCUT2D eigenvalue weighted by molar-refractivity contribution is 6.30. The molecule has 0 spiro atoms. The van der Waals surface area contributed by atoms with E-state index in [1.54, 1.807) is 0 Å². The van der Waals surface area contributed by atoms with Crippen molar-refractivity contribution in [3.05, 3.63) is 64.7 Å². The van der Waals surface area contributed by atoms with Gasteiger partial charge in [-0.15, -0.1) is 0 Å². The summed E-state index contributed by atoms with van der Waals surface area (Å²) in [7, 11) is 0. The number of anilines is 1. The van der Waals surface area contributed by atoms with Crippen LogP contribution in [0.25, 0.3) is 0 Å². The summed E-state index contributed by atoms with van der Waals surface area (Å²) < 4.78 is 0. The third kappa shape index (κ3) is 5.08. The van der Waals surface area contributed by atoms with Gasteiger partial charge in [0.05, 0.1) is 6.54 Å². The molecular weight excluding hydrogens is 296 g/mol. The topological polar surface area (TPSA) is 41.1 Å². The summed E-state index contributed by atoms with van der Waals surface area (Å²) in [5, 5.41) is 6.82.